The van der Waals surface area contributed by atoms with Crippen molar-refractivity contribution in [2.45, 2.75) is 32.4 Å². The van der Waals surface area contributed by atoms with E-state index in [1.165, 1.54) is 0 Å². The summed E-state index contributed by atoms with van der Waals surface area (Å²) in [5, 5.41) is 5.76. The number of imidazole rings is 1. The highest BCUT2D eigenvalue weighted by molar-refractivity contribution is 5.73. The van der Waals surface area contributed by atoms with E-state index in [0.29, 0.717) is 19.6 Å². The molecule has 0 spiro atoms. The van der Waals surface area contributed by atoms with Gasteiger partial charge in [0.25, 0.3) is 0 Å². The number of nitrogens with one attached hydrogen (secondary N) is 2. The van der Waals surface area contributed by atoms with Crippen molar-refractivity contribution in [3.05, 3.63) is 42.2 Å². The summed E-state index contributed by atoms with van der Waals surface area (Å²) in [6.45, 7) is 4.64. The van der Waals surface area contributed by atoms with Crippen molar-refractivity contribution >= 4 is 6.03 Å². The molecule has 1 saturated heterocycles. The van der Waals surface area contributed by atoms with E-state index in [1.54, 1.807) is 0 Å². The molecule has 1 atom stereocenters. The van der Waals surface area contributed by atoms with Crippen molar-refractivity contribution in [1.29, 1.82) is 0 Å². The van der Waals surface area contributed by atoms with E-state index in [2.05, 4.69) is 20.2 Å². The van der Waals surface area contributed by atoms with E-state index >= 15 is 0 Å². The molecule has 3 rings (SSSR count). The van der Waals surface area contributed by atoms with Crippen LogP contribution < -0.4 is 10.6 Å². The minimum Gasteiger partial charge on any atom is -0.376 e. The summed E-state index contributed by atoms with van der Waals surface area (Å²) < 4.78 is 7.61. The van der Waals surface area contributed by atoms with Gasteiger partial charge in [-0.15, -0.1) is 0 Å². The summed E-state index contributed by atoms with van der Waals surface area (Å²) in [5.74, 6) is 0.926. The van der Waals surface area contributed by atoms with Crippen LogP contribution in [-0.4, -0.2) is 41.4 Å². The Kier molecular flexibility index (Phi) is 5.48. The Morgan fingerprint density at radius 1 is 1.33 bits per heavy atom. The molecule has 2 N–H and O–H groups in total. The molecule has 2 amide bonds. The third kappa shape index (κ3) is 4.14. The summed E-state index contributed by atoms with van der Waals surface area (Å²) >= 11 is 0. The average Bonchev–Trinajstić information content (AvgIpc) is 3.24. The number of rotatable bonds is 6. The third-order valence-corrected chi connectivity index (χ3v) is 4.22. The lowest BCUT2D eigenvalue weighted by Crippen LogP contribution is -2.40. The van der Waals surface area contributed by atoms with Gasteiger partial charge in [0.1, 0.15) is 5.82 Å². The number of aryl methyl sites for hydroxylation is 1. The molecule has 0 bridgehead atoms. The SMILES string of the molecule is Cc1cnc(-c2ccccc2)n1CCNC(=O)NCC1CCCO1. The first kappa shape index (κ1) is 16.5. The maximum absolute atomic E-state index is 11.9. The van der Waals surface area contributed by atoms with Gasteiger partial charge in [-0.05, 0) is 19.8 Å². The Hall–Kier alpha value is -2.34. The molecular weight excluding hydrogens is 304 g/mol. The van der Waals surface area contributed by atoms with Gasteiger partial charge in [-0.3, -0.25) is 0 Å². The fourth-order valence-electron chi connectivity index (χ4n) is 2.92. The van der Waals surface area contributed by atoms with E-state index in [1.807, 2.05) is 43.5 Å². The van der Waals surface area contributed by atoms with Crippen molar-refractivity contribution in [2.75, 3.05) is 19.7 Å². The fourth-order valence-corrected chi connectivity index (χ4v) is 2.92. The number of hydrogen-bond acceptors (Lipinski definition) is 3. The zero-order valence-electron chi connectivity index (χ0n) is 14.0. The van der Waals surface area contributed by atoms with Crippen LogP contribution in [0.15, 0.2) is 36.5 Å². The molecule has 2 aromatic rings. The second-order valence-corrected chi connectivity index (χ2v) is 6.01. The molecule has 1 unspecified atom stereocenters. The van der Waals surface area contributed by atoms with Crippen molar-refractivity contribution < 1.29 is 9.53 Å². The van der Waals surface area contributed by atoms with Crippen LogP contribution in [0.4, 0.5) is 4.79 Å². The van der Waals surface area contributed by atoms with Gasteiger partial charge in [-0.25, -0.2) is 9.78 Å². The van der Waals surface area contributed by atoms with Crippen LogP contribution in [0.1, 0.15) is 18.5 Å². The van der Waals surface area contributed by atoms with Gasteiger partial charge in [0.2, 0.25) is 0 Å². The number of amides is 2. The summed E-state index contributed by atoms with van der Waals surface area (Å²) in [6.07, 6.45) is 4.13. The van der Waals surface area contributed by atoms with Crippen LogP contribution in [0.5, 0.6) is 0 Å². The first-order chi connectivity index (χ1) is 11.7. The largest absolute Gasteiger partial charge is 0.376 e. The number of hydrogen-bond donors (Lipinski definition) is 2. The highest BCUT2D eigenvalue weighted by atomic mass is 16.5. The number of aromatic nitrogens is 2. The molecular formula is C18H24N4O2. The van der Waals surface area contributed by atoms with Crippen molar-refractivity contribution in [3.8, 4) is 11.4 Å². The lowest BCUT2D eigenvalue weighted by molar-refractivity contribution is 0.111. The van der Waals surface area contributed by atoms with Crippen LogP contribution in [0.2, 0.25) is 0 Å². The van der Waals surface area contributed by atoms with E-state index in [-0.39, 0.29) is 12.1 Å². The fraction of sp³-hybridized carbons (Fsp3) is 0.444. The summed E-state index contributed by atoms with van der Waals surface area (Å²) in [5.41, 5.74) is 2.16. The molecule has 6 nitrogen and oxygen atoms in total. The zero-order valence-corrected chi connectivity index (χ0v) is 14.0. The highest BCUT2D eigenvalue weighted by Crippen LogP contribution is 2.18. The van der Waals surface area contributed by atoms with Crippen LogP contribution in [0, 0.1) is 6.92 Å². The van der Waals surface area contributed by atoms with E-state index in [0.717, 1.165) is 36.5 Å². The molecule has 1 aromatic heterocycles. The first-order valence-electron chi connectivity index (χ1n) is 8.45. The maximum Gasteiger partial charge on any atom is 0.314 e. The summed E-state index contributed by atoms with van der Waals surface area (Å²) in [6, 6.07) is 9.93. The van der Waals surface area contributed by atoms with Crippen molar-refractivity contribution in [3.63, 3.8) is 0 Å². The highest BCUT2D eigenvalue weighted by Gasteiger charge is 2.16. The van der Waals surface area contributed by atoms with Gasteiger partial charge in [0, 0.05) is 43.7 Å². The zero-order chi connectivity index (χ0) is 16.8. The Labute approximate surface area is 142 Å². The van der Waals surface area contributed by atoms with Crippen molar-refractivity contribution in [2.24, 2.45) is 0 Å². The lowest BCUT2D eigenvalue weighted by Gasteiger charge is -2.13. The second-order valence-electron chi connectivity index (χ2n) is 6.01. The van der Waals surface area contributed by atoms with Crippen LogP contribution in [-0.2, 0) is 11.3 Å². The second kappa shape index (κ2) is 7.97. The maximum atomic E-state index is 11.9. The van der Waals surface area contributed by atoms with Gasteiger partial charge in [-0.2, -0.15) is 0 Å². The van der Waals surface area contributed by atoms with E-state index in [4.69, 9.17) is 4.74 Å². The number of ether oxygens (including phenoxy) is 1. The predicted octanol–water partition coefficient (Wildman–Crippen LogP) is 2.34. The van der Waals surface area contributed by atoms with E-state index in [9.17, 15) is 4.79 Å². The predicted molar refractivity (Wildman–Crippen MR) is 92.8 cm³/mol. The normalized spacial score (nSPS) is 17.0. The summed E-state index contributed by atoms with van der Waals surface area (Å²) in [4.78, 5) is 16.4. The Balaban J connectivity index is 1.50. The third-order valence-electron chi connectivity index (χ3n) is 4.22. The monoisotopic (exact) mass is 328 g/mol. The van der Waals surface area contributed by atoms with Gasteiger partial charge in [0.05, 0.1) is 6.10 Å². The Morgan fingerprint density at radius 2 is 2.17 bits per heavy atom. The molecule has 6 heteroatoms. The lowest BCUT2D eigenvalue weighted by atomic mass is 10.2. The molecule has 0 radical (unpaired) electrons. The molecule has 1 aliphatic heterocycles. The molecule has 1 aliphatic rings. The Morgan fingerprint density at radius 3 is 2.92 bits per heavy atom. The molecule has 1 fully saturated rings. The molecule has 2 heterocycles. The summed E-state index contributed by atoms with van der Waals surface area (Å²) in [7, 11) is 0. The molecule has 24 heavy (non-hydrogen) atoms. The average molecular weight is 328 g/mol. The number of benzene rings is 1. The van der Waals surface area contributed by atoms with Gasteiger partial charge >= 0.3 is 6.03 Å². The van der Waals surface area contributed by atoms with Gasteiger partial charge in [0.15, 0.2) is 0 Å². The molecule has 0 saturated carbocycles. The number of carbonyl (C=O) groups excluding carboxylic acids is 1. The van der Waals surface area contributed by atoms with Crippen LogP contribution in [0.25, 0.3) is 11.4 Å². The standard InChI is InChI=1S/C18H24N4O2/c1-14-12-20-17(15-6-3-2-4-7-15)22(14)10-9-19-18(23)21-13-16-8-5-11-24-16/h2-4,6-7,12,16H,5,8-11,13H2,1H3,(H2,19,21,23). The minimum atomic E-state index is -0.149. The van der Waals surface area contributed by atoms with Crippen LogP contribution >= 0.6 is 0 Å². The first-order valence-corrected chi connectivity index (χ1v) is 8.45. The minimum absolute atomic E-state index is 0.149. The molecule has 0 aliphatic carbocycles. The number of urea groups is 1. The smallest absolute Gasteiger partial charge is 0.314 e. The van der Waals surface area contributed by atoms with Crippen LogP contribution in [0.3, 0.4) is 0 Å². The molecule has 128 valence electrons. The van der Waals surface area contributed by atoms with E-state index < -0.39 is 0 Å². The molecule has 1 aromatic carbocycles. The topological polar surface area (TPSA) is 68.2 Å². The Bertz CT molecular complexity index is 663. The van der Waals surface area contributed by atoms with Gasteiger partial charge < -0.3 is 19.9 Å². The van der Waals surface area contributed by atoms with Crippen molar-refractivity contribution in [1.82, 2.24) is 20.2 Å². The number of nitrogens with zero attached hydrogens (tertiary/aromatic N) is 2. The quantitative estimate of drug-likeness (QED) is 0.855. The van der Waals surface area contributed by atoms with Gasteiger partial charge in [-0.1, -0.05) is 30.3 Å². The number of carbonyl (C=O) groups is 1.